The molecule has 30 heavy (non-hydrogen) atoms. The Bertz CT molecular complexity index is 953. The van der Waals surface area contributed by atoms with Crippen LogP contribution in [0.15, 0.2) is 60.7 Å². The molecule has 0 unspecified atom stereocenters. The topological polar surface area (TPSA) is 70.2 Å². The number of carbonyl (C=O) groups is 1. The smallest absolute Gasteiger partial charge is 0.220 e. The van der Waals surface area contributed by atoms with Crippen LogP contribution in [0.3, 0.4) is 0 Å². The zero-order valence-electron chi connectivity index (χ0n) is 17.3. The standard InChI is InChI=1S/C24H28N4O2/c1-30-21-12-10-19(11-13-21)22-16-23(27-26-22)28-15-5-8-20(17-28)25-24(29)14-9-18-6-3-2-4-7-18/h2-4,6-7,10-13,16,20H,5,8-9,14-15,17H2,1H3,(H,25,29)(H,26,27)/t20-/m1/s1. The van der Waals surface area contributed by atoms with Gasteiger partial charge in [0, 0.05) is 31.6 Å². The van der Waals surface area contributed by atoms with Gasteiger partial charge in [-0.3, -0.25) is 9.89 Å². The van der Waals surface area contributed by atoms with Gasteiger partial charge in [0.25, 0.3) is 0 Å². The molecular weight excluding hydrogens is 376 g/mol. The summed E-state index contributed by atoms with van der Waals surface area (Å²) >= 11 is 0. The minimum atomic E-state index is 0.117. The Balaban J connectivity index is 1.32. The highest BCUT2D eigenvalue weighted by molar-refractivity contribution is 5.76. The van der Waals surface area contributed by atoms with Crippen LogP contribution in [-0.4, -0.2) is 42.3 Å². The Kier molecular flexibility index (Phi) is 6.32. The van der Waals surface area contributed by atoms with Crippen molar-refractivity contribution in [2.24, 2.45) is 0 Å². The summed E-state index contributed by atoms with van der Waals surface area (Å²) in [5.74, 6) is 1.87. The number of anilines is 1. The molecule has 1 aromatic heterocycles. The maximum Gasteiger partial charge on any atom is 0.220 e. The first-order valence-corrected chi connectivity index (χ1v) is 10.5. The highest BCUT2D eigenvalue weighted by atomic mass is 16.5. The summed E-state index contributed by atoms with van der Waals surface area (Å²) in [5, 5.41) is 10.8. The van der Waals surface area contributed by atoms with Gasteiger partial charge in [-0.1, -0.05) is 30.3 Å². The van der Waals surface area contributed by atoms with E-state index in [1.165, 1.54) is 5.56 Å². The third-order valence-electron chi connectivity index (χ3n) is 5.56. The molecule has 156 valence electrons. The van der Waals surface area contributed by atoms with Crippen LogP contribution in [0.4, 0.5) is 5.82 Å². The fourth-order valence-corrected chi connectivity index (χ4v) is 3.90. The lowest BCUT2D eigenvalue weighted by molar-refractivity contribution is -0.121. The van der Waals surface area contributed by atoms with Crippen LogP contribution in [-0.2, 0) is 11.2 Å². The Morgan fingerprint density at radius 1 is 1.20 bits per heavy atom. The summed E-state index contributed by atoms with van der Waals surface area (Å²) in [5.41, 5.74) is 3.24. The van der Waals surface area contributed by atoms with Crippen molar-refractivity contribution < 1.29 is 9.53 Å². The Hall–Kier alpha value is -3.28. The van der Waals surface area contributed by atoms with Gasteiger partial charge in [0.05, 0.1) is 12.8 Å². The molecule has 0 bridgehead atoms. The van der Waals surface area contributed by atoms with Gasteiger partial charge >= 0.3 is 0 Å². The Morgan fingerprint density at radius 2 is 2.00 bits per heavy atom. The first-order chi connectivity index (χ1) is 14.7. The number of amides is 1. The molecule has 0 saturated carbocycles. The van der Waals surface area contributed by atoms with Gasteiger partial charge in [0.15, 0.2) is 5.82 Å². The quantitative estimate of drug-likeness (QED) is 0.628. The lowest BCUT2D eigenvalue weighted by atomic mass is 10.0. The summed E-state index contributed by atoms with van der Waals surface area (Å²) in [6.45, 7) is 1.73. The number of piperidine rings is 1. The van der Waals surface area contributed by atoms with Crippen molar-refractivity contribution >= 4 is 11.7 Å². The first-order valence-electron chi connectivity index (χ1n) is 10.5. The molecule has 3 aromatic rings. The second kappa shape index (κ2) is 9.48. The van der Waals surface area contributed by atoms with Crippen molar-refractivity contribution in [2.45, 2.75) is 31.7 Å². The van der Waals surface area contributed by atoms with E-state index in [1.807, 2.05) is 42.5 Å². The first kappa shape index (κ1) is 20.0. The predicted octanol–water partition coefficient (Wildman–Crippen LogP) is 3.80. The number of methoxy groups -OCH3 is 1. The third-order valence-corrected chi connectivity index (χ3v) is 5.56. The molecule has 0 radical (unpaired) electrons. The van der Waals surface area contributed by atoms with Crippen molar-refractivity contribution in [2.75, 3.05) is 25.1 Å². The number of carbonyl (C=O) groups excluding carboxylic acids is 1. The van der Waals surface area contributed by atoms with Crippen molar-refractivity contribution in [3.05, 3.63) is 66.2 Å². The van der Waals surface area contributed by atoms with E-state index in [-0.39, 0.29) is 11.9 Å². The lowest BCUT2D eigenvalue weighted by Crippen LogP contribution is -2.48. The number of hydrogen-bond donors (Lipinski definition) is 2. The minimum absolute atomic E-state index is 0.117. The molecule has 6 nitrogen and oxygen atoms in total. The van der Waals surface area contributed by atoms with Crippen LogP contribution < -0.4 is 15.0 Å². The maximum atomic E-state index is 12.4. The number of ether oxygens (including phenoxy) is 1. The molecule has 1 aliphatic heterocycles. The molecule has 6 heteroatoms. The predicted molar refractivity (Wildman–Crippen MR) is 119 cm³/mol. The average molecular weight is 405 g/mol. The monoisotopic (exact) mass is 404 g/mol. The molecule has 1 atom stereocenters. The van der Waals surface area contributed by atoms with Gasteiger partial charge in [-0.05, 0) is 54.7 Å². The van der Waals surface area contributed by atoms with E-state index in [0.717, 1.165) is 55.2 Å². The SMILES string of the molecule is COc1ccc(-c2cc(N3CCC[C@@H](NC(=O)CCc4ccccc4)C3)n[nH]2)cc1. The summed E-state index contributed by atoms with van der Waals surface area (Å²) in [7, 11) is 1.66. The fraction of sp³-hybridized carbons (Fsp3) is 0.333. The molecule has 1 amide bonds. The van der Waals surface area contributed by atoms with Crippen molar-refractivity contribution in [1.29, 1.82) is 0 Å². The summed E-state index contributed by atoms with van der Waals surface area (Å²) in [6.07, 6.45) is 3.33. The van der Waals surface area contributed by atoms with Gasteiger partial charge in [-0.2, -0.15) is 5.10 Å². The number of benzene rings is 2. The number of aromatic amines is 1. The Labute approximate surface area is 177 Å². The van der Waals surface area contributed by atoms with Crippen LogP contribution in [0.1, 0.15) is 24.8 Å². The number of nitrogens with zero attached hydrogens (tertiary/aromatic N) is 2. The second-order valence-corrected chi connectivity index (χ2v) is 7.71. The maximum absolute atomic E-state index is 12.4. The molecule has 2 N–H and O–H groups in total. The number of H-pyrrole nitrogens is 1. The number of aromatic nitrogens is 2. The van der Waals surface area contributed by atoms with E-state index in [2.05, 4.69) is 38.6 Å². The molecular formula is C24H28N4O2. The highest BCUT2D eigenvalue weighted by Crippen LogP contribution is 2.25. The molecule has 0 spiro atoms. The largest absolute Gasteiger partial charge is 0.497 e. The number of hydrogen-bond acceptors (Lipinski definition) is 4. The van der Waals surface area contributed by atoms with Crippen LogP contribution in [0, 0.1) is 0 Å². The van der Waals surface area contributed by atoms with Crippen molar-refractivity contribution in [3.8, 4) is 17.0 Å². The molecule has 1 aliphatic rings. The highest BCUT2D eigenvalue weighted by Gasteiger charge is 2.23. The zero-order chi connectivity index (χ0) is 20.8. The van der Waals surface area contributed by atoms with Gasteiger partial charge in [-0.25, -0.2) is 0 Å². The van der Waals surface area contributed by atoms with Crippen LogP contribution in [0.25, 0.3) is 11.3 Å². The van der Waals surface area contributed by atoms with Crippen LogP contribution in [0.2, 0.25) is 0 Å². The zero-order valence-corrected chi connectivity index (χ0v) is 17.3. The third kappa shape index (κ3) is 5.00. The van der Waals surface area contributed by atoms with Gasteiger partial charge in [-0.15, -0.1) is 0 Å². The van der Waals surface area contributed by atoms with Crippen LogP contribution in [0.5, 0.6) is 5.75 Å². The summed E-state index contributed by atoms with van der Waals surface area (Å²) in [4.78, 5) is 14.7. The Morgan fingerprint density at radius 3 is 2.77 bits per heavy atom. The summed E-state index contributed by atoms with van der Waals surface area (Å²) < 4.78 is 5.22. The second-order valence-electron chi connectivity index (χ2n) is 7.71. The van der Waals surface area contributed by atoms with Crippen molar-refractivity contribution in [3.63, 3.8) is 0 Å². The van der Waals surface area contributed by atoms with Crippen molar-refractivity contribution in [1.82, 2.24) is 15.5 Å². The minimum Gasteiger partial charge on any atom is -0.497 e. The number of aryl methyl sites for hydroxylation is 1. The van der Waals surface area contributed by atoms with E-state index in [0.29, 0.717) is 6.42 Å². The lowest BCUT2D eigenvalue weighted by Gasteiger charge is -2.33. The van der Waals surface area contributed by atoms with E-state index >= 15 is 0 Å². The van der Waals surface area contributed by atoms with Gasteiger partial charge in [0.1, 0.15) is 5.75 Å². The molecule has 1 saturated heterocycles. The van der Waals surface area contributed by atoms with Crippen LogP contribution >= 0.6 is 0 Å². The normalized spacial score (nSPS) is 16.3. The van der Waals surface area contributed by atoms with E-state index in [4.69, 9.17) is 4.74 Å². The molecule has 1 fully saturated rings. The molecule has 2 heterocycles. The van der Waals surface area contributed by atoms with Gasteiger partial charge < -0.3 is 15.0 Å². The fourth-order valence-electron chi connectivity index (χ4n) is 3.90. The molecule has 4 rings (SSSR count). The summed E-state index contributed by atoms with van der Waals surface area (Å²) in [6, 6.07) is 20.3. The van der Waals surface area contributed by atoms with E-state index < -0.39 is 0 Å². The average Bonchev–Trinajstić information content (AvgIpc) is 3.29. The molecule has 2 aromatic carbocycles. The van der Waals surface area contributed by atoms with E-state index in [1.54, 1.807) is 7.11 Å². The van der Waals surface area contributed by atoms with Gasteiger partial charge in [0.2, 0.25) is 5.91 Å². The number of rotatable bonds is 7. The number of nitrogens with one attached hydrogen (secondary N) is 2. The van der Waals surface area contributed by atoms with E-state index in [9.17, 15) is 4.79 Å². The molecule has 0 aliphatic carbocycles.